The summed E-state index contributed by atoms with van der Waals surface area (Å²) in [4.78, 5) is 32.5. The second-order valence-electron chi connectivity index (χ2n) is 4.46. The number of alkyl halides is 1. The third-order valence-corrected chi connectivity index (χ3v) is 4.94. The van der Waals surface area contributed by atoms with Gasteiger partial charge in [0.1, 0.15) is 18.8 Å². The number of nitrogens with zero attached hydrogens (tertiary/aromatic N) is 3. The van der Waals surface area contributed by atoms with E-state index >= 15 is 0 Å². The Labute approximate surface area is 173 Å². The molecule has 2 amide bonds. The van der Waals surface area contributed by atoms with Crippen molar-refractivity contribution in [3.63, 3.8) is 0 Å². The fourth-order valence-corrected chi connectivity index (χ4v) is 3.81. The molecule has 3 N–H and O–H groups in total. The maximum absolute atomic E-state index is 12.3. The first-order chi connectivity index (χ1) is 11.2. The van der Waals surface area contributed by atoms with Crippen LogP contribution < -0.4 is 40.6 Å². The van der Waals surface area contributed by atoms with Crippen molar-refractivity contribution in [1.82, 2.24) is 14.6 Å². The van der Waals surface area contributed by atoms with Gasteiger partial charge in [-0.05, 0) is 0 Å². The van der Waals surface area contributed by atoms with Gasteiger partial charge >= 0.3 is 29.6 Å². The number of nitrogens with one attached hydrogen (secondary N) is 1. The number of oxime groups is 1. The fraction of sp³-hybridized carbons (Fsp3) is 0.400. The molecule has 2 atom stereocenters. The molecular weight excluding hydrogens is 409 g/mol. The van der Waals surface area contributed by atoms with Crippen LogP contribution in [0.5, 0.6) is 0 Å². The molecule has 1 aromatic rings. The number of rotatable bonds is 6. The van der Waals surface area contributed by atoms with Crippen LogP contribution in [0.2, 0.25) is 0 Å². The average Bonchev–Trinajstić information content (AvgIpc) is 2.91. The second-order valence-corrected chi connectivity index (χ2v) is 6.91. The van der Waals surface area contributed by atoms with E-state index in [4.69, 9.17) is 17.3 Å². The number of nitrogens with two attached hydrogens (primary N) is 1. The molecule has 0 saturated carbocycles. The van der Waals surface area contributed by atoms with Crippen molar-refractivity contribution in [1.29, 1.82) is 0 Å². The molecule has 2 rings (SSSR count). The number of nitrogen functional groups attached to an aromatic ring is 1. The van der Waals surface area contributed by atoms with Crippen LogP contribution in [0.1, 0.15) is 5.69 Å². The third kappa shape index (κ3) is 4.61. The van der Waals surface area contributed by atoms with Gasteiger partial charge in [0.2, 0.25) is 0 Å². The van der Waals surface area contributed by atoms with E-state index in [-0.39, 0.29) is 56.3 Å². The summed E-state index contributed by atoms with van der Waals surface area (Å²) < 4.78 is 33.1. The molecular formula is C10H11ClN5NaO6S2. The minimum atomic E-state index is -5.01. The van der Waals surface area contributed by atoms with Crippen molar-refractivity contribution >= 4 is 55.9 Å². The molecule has 1 fully saturated rings. The van der Waals surface area contributed by atoms with E-state index in [1.165, 1.54) is 12.5 Å². The number of hydrogen-bond donors (Lipinski definition) is 2. The van der Waals surface area contributed by atoms with E-state index in [1.54, 1.807) is 0 Å². The first-order valence-corrected chi connectivity index (χ1v) is 8.97. The molecule has 1 aliphatic rings. The van der Waals surface area contributed by atoms with Gasteiger partial charge in [0.15, 0.2) is 21.1 Å². The minimum Gasteiger partial charge on any atom is -0.731 e. The monoisotopic (exact) mass is 419 g/mol. The zero-order valence-corrected chi connectivity index (χ0v) is 17.4. The van der Waals surface area contributed by atoms with E-state index in [1.807, 2.05) is 0 Å². The van der Waals surface area contributed by atoms with E-state index < -0.39 is 34.2 Å². The third-order valence-electron chi connectivity index (χ3n) is 3.02. The Kier molecular flexibility index (Phi) is 7.61. The number of anilines is 1. The van der Waals surface area contributed by atoms with Crippen molar-refractivity contribution in [2.75, 3.05) is 18.7 Å². The number of carbonyl (C=O) groups excluding carboxylic acids is 2. The molecule has 25 heavy (non-hydrogen) atoms. The van der Waals surface area contributed by atoms with Crippen LogP contribution in [0.15, 0.2) is 10.5 Å². The van der Waals surface area contributed by atoms with Crippen LogP contribution in [-0.4, -0.2) is 64.9 Å². The summed E-state index contributed by atoms with van der Waals surface area (Å²) in [7, 11) is -3.81. The molecule has 1 saturated heterocycles. The number of thiazole rings is 1. The zero-order chi connectivity index (χ0) is 18.1. The molecule has 2 heterocycles. The summed E-state index contributed by atoms with van der Waals surface area (Å²) in [5.74, 6) is -2.31. The molecule has 0 spiro atoms. The van der Waals surface area contributed by atoms with Gasteiger partial charge < -0.3 is 20.4 Å². The summed E-state index contributed by atoms with van der Waals surface area (Å²) in [6, 6.07) is -2.47. The Balaban J connectivity index is 0.00000312. The van der Waals surface area contributed by atoms with E-state index in [2.05, 4.69) is 20.3 Å². The maximum atomic E-state index is 12.3. The van der Waals surface area contributed by atoms with Gasteiger partial charge in [-0.15, -0.1) is 22.9 Å². The normalized spacial score (nSPS) is 20.5. The number of hydrogen-bond acceptors (Lipinski definition) is 10. The fourth-order valence-electron chi connectivity index (χ4n) is 2.01. The first kappa shape index (κ1) is 22.1. The molecule has 0 aromatic carbocycles. The molecule has 15 heteroatoms. The Hall–Kier alpha value is -0.960. The maximum Gasteiger partial charge on any atom is 1.00 e. The van der Waals surface area contributed by atoms with Gasteiger partial charge in [-0.3, -0.25) is 9.59 Å². The van der Waals surface area contributed by atoms with Crippen LogP contribution in [0.4, 0.5) is 5.13 Å². The molecule has 0 unspecified atom stereocenters. The predicted octanol–water partition coefficient (Wildman–Crippen LogP) is -4.53. The molecule has 0 bridgehead atoms. The number of halogens is 1. The quantitative estimate of drug-likeness (QED) is 0.116. The minimum absolute atomic E-state index is 0. The van der Waals surface area contributed by atoms with Gasteiger partial charge in [-0.1, -0.05) is 5.16 Å². The van der Waals surface area contributed by atoms with Crippen molar-refractivity contribution in [2.45, 2.75) is 12.1 Å². The number of amides is 2. The smallest absolute Gasteiger partial charge is 0.731 e. The molecule has 0 aliphatic carbocycles. The van der Waals surface area contributed by atoms with E-state index in [0.29, 0.717) is 0 Å². The van der Waals surface area contributed by atoms with E-state index in [0.717, 1.165) is 11.3 Å². The van der Waals surface area contributed by atoms with Crippen molar-refractivity contribution < 1.29 is 57.0 Å². The standard InChI is InChI=1S/C10H12ClN5O6S2.Na/c1-22-15-6(4-3-23-10(12)13-4)8(17)14-7-5(2-11)16(9(7)18)24(19,20)21;/h3,5,7H,2H2,1H3,(H2,12,13)(H,14,17)(H,19,20,21);/q;+1/p-1/t5-,7+;/m1./s1. The number of aromatic nitrogens is 1. The molecule has 1 aromatic heterocycles. The Bertz CT molecular complexity index is 799. The van der Waals surface area contributed by atoms with Crippen LogP contribution in [-0.2, 0) is 24.7 Å². The first-order valence-electron chi connectivity index (χ1n) is 6.19. The Morgan fingerprint density at radius 1 is 1.64 bits per heavy atom. The summed E-state index contributed by atoms with van der Waals surface area (Å²) in [6.45, 7) is 0. The molecule has 0 radical (unpaired) electrons. The Morgan fingerprint density at radius 2 is 2.28 bits per heavy atom. The predicted molar refractivity (Wildman–Crippen MR) is 83.1 cm³/mol. The van der Waals surface area contributed by atoms with Crippen LogP contribution in [0.3, 0.4) is 0 Å². The molecule has 11 nitrogen and oxygen atoms in total. The van der Waals surface area contributed by atoms with Crippen LogP contribution >= 0.6 is 22.9 Å². The van der Waals surface area contributed by atoms with Gasteiger partial charge in [-0.2, -0.15) is 0 Å². The van der Waals surface area contributed by atoms with E-state index in [9.17, 15) is 22.6 Å². The van der Waals surface area contributed by atoms with Crippen LogP contribution in [0, 0.1) is 0 Å². The summed E-state index contributed by atoms with van der Waals surface area (Å²) >= 11 is 6.64. The SMILES string of the molecule is CON=C(C(=O)N[C@@H]1C(=O)N(S(=O)(=O)[O-])[C@@H]1CCl)c1csc(N)n1.[Na+]. The van der Waals surface area contributed by atoms with Crippen molar-refractivity contribution in [2.24, 2.45) is 5.16 Å². The molecule has 132 valence electrons. The van der Waals surface area contributed by atoms with Crippen molar-refractivity contribution in [3.05, 3.63) is 11.1 Å². The summed E-state index contributed by atoms with van der Waals surface area (Å²) in [5.41, 5.74) is 5.33. The zero-order valence-electron chi connectivity index (χ0n) is 13.0. The summed E-state index contributed by atoms with van der Waals surface area (Å²) in [5, 5.41) is 7.41. The number of carbonyl (C=O) groups is 2. The largest absolute Gasteiger partial charge is 1.00 e. The van der Waals surface area contributed by atoms with Gasteiger partial charge in [0.05, 0.1) is 6.04 Å². The molecule has 1 aliphatic heterocycles. The topological polar surface area (TPSA) is 167 Å². The number of β-lactam (4-membered cyclic amide) rings is 1. The summed E-state index contributed by atoms with van der Waals surface area (Å²) in [6.07, 6.45) is 0. The second kappa shape index (κ2) is 8.62. The van der Waals surface area contributed by atoms with Gasteiger partial charge in [-0.25, -0.2) is 17.7 Å². The van der Waals surface area contributed by atoms with Crippen molar-refractivity contribution in [3.8, 4) is 0 Å². The van der Waals surface area contributed by atoms with Gasteiger partial charge in [0.25, 0.3) is 11.8 Å². The average molecular weight is 420 g/mol. The van der Waals surface area contributed by atoms with Crippen LogP contribution in [0.25, 0.3) is 0 Å². The van der Waals surface area contributed by atoms with Gasteiger partial charge in [0, 0.05) is 11.3 Å². The Morgan fingerprint density at radius 3 is 2.72 bits per heavy atom.